The van der Waals surface area contributed by atoms with Crippen molar-refractivity contribution in [3.63, 3.8) is 0 Å². The van der Waals surface area contributed by atoms with Crippen LogP contribution in [0.4, 0.5) is 11.4 Å². The first-order valence-corrected chi connectivity index (χ1v) is 9.83. The van der Waals surface area contributed by atoms with Crippen LogP contribution in [0.25, 0.3) is 0 Å². The second kappa shape index (κ2) is 6.26. The lowest BCUT2D eigenvalue weighted by atomic mass is 9.77. The van der Waals surface area contributed by atoms with Crippen LogP contribution in [0.3, 0.4) is 0 Å². The largest absolute Gasteiger partial charge is 0.376 e. The number of rotatable bonds is 3. The zero-order valence-corrected chi connectivity index (χ0v) is 15.3. The fourth-order valence-electron chi connectivity index (χ4n) is 3.81. The minimum atomic E-state index is -2.69. The van der Waals surface area contributed by atoms with Crippen molar-refractivity contribution < 1.29 is 8.42 Å². The number of fused-ring (bicyclic) bond motifs is 3. The summed E-state index contributed by atoms with van der Waals surface area (Å²) in [5.41, 5.74) is 3.87. The third-order valence-electron chi connectivity index (χ3n) is 4.84. The summed E-state index contributed by atoms with van der Waals surface area (Å²) in [4.78, 5) is 0. The number of allylic oxidation sites excluding steroid dienone is 2. The molecular formula is C18H17BrN2O2S. The molecule has 1 aliphatic carbocycles. The number of anilines is 2. The van der Waals surface area contributed by atoms with Gasteiger partial charge in [0.2, 0.25) is 10.9 Å². The highest BCUT2D eigenvalue weighted by Crippen LogP contribution is 2.51. The minimum absolute atomic E-state index is 0.151. The summed E-state index contributed by atoms with van der Waals surface area (Å²) in [5.74, 6) is 0.746. The van der Waals surface area contributed by atoms with Crippen molar-refractivity contribution in [3.05, 3.63) is 70.2 Å². The average Bonchev–Trinajstić information content (AvgIpc) is 3.05. The molecule has 4 nitrogen and oxygen atoms in total. The van der Waals surface area contributed by atoms with Gasteiger partial charge in [0.1, 0.15) is 0 Å². The standard InChI is InChI=1S/C18H17BrN2O2S/c19-12-9-7-11(8-10-12)17-14-4-1-3-13(14)15-5-2-6-16(18(15)20-17)21-24(22)23/h1-3,5-10,13-14,17,20,24H,4H2,(H,21,22,23)/t13-,14+,17+/m0/s1. The molecule has 2 aromatic carbocycles. The molecule has 0 aromatic heterocycles. The molecule has 6 heteroatoms. The predicted molar refractivity (Wildman–Crippen MR) is 101 cm³/mol. The summed E-state index contributed by atoms with van der Waals surface area (Å²) in [7, 11) is -2.69. The van der Waals surface area contributed by atoms with Gasteiger partial charge >= 0.3 is 0 Å². The van der Waals surface area contributed by atoms with Gasteiger partial charge in [0.25, 0.3) is 0 Å². The topological polar surface area (TPSA) is 58.2 Å². The van der Waals surface area contributed by atoms with Crippen molar-refractivity contribution in [1.29, 1.82) is 0 Å². The minimum Gasteiger partial charge on any atom is -0.376 e. The Kier molecular flexibility index (Phi) is 4.10. The van der Waals surface area contributed by atoms with Gasteiger partial charge in [-0.2, -0.15) is 0 Å². The molecule has 4 rings (SSSR count). The van der Waals surface area contributed by atoms with Gasteiger partial charge in [0.15, 0.2) is 0 Å². The molecule has 2 aliphatic rings. The number of halogens is 1. The maximum atomic E-state index is 11.2. The van der Waals surface area contributed by atoms with Crippen LogP contribution >= 0.6 is 15.9 Å². The molecule has 0 bridgehead atoms. The molecular weight excluding hydrogens is 388 g/mol. The molecule has 1 heterocycles. The lowest BCUT2D eigenvalue weighted by Crippen LogP contribution is -2.29. The van der Waals surface area contributed by atoms with Gasteiger partial charge in [-0.3, -0.25) is 4.72 Å². The zero-order chi connectivity index (χ0) is 16.7. The smallest absolute Gasteiger partial charge is 0.222 e. The summed E-state index contributed by atoms with van der Waals surface area (Å²) in [6, 6.07) is 14.3. The maximum absolute atomic E-state index is 11.2. The van der Waals surface area contributed by atoms with Crippen LogP contribution in [0.1, 0.15) is 29.5 Å². The van der Waals surface area contributed by atoms with Crippen molar-refractivity contribution in [3.8, 4) is 0 Å². The third-order valence-corrected chi connectivity index (χ3v) is 5.79. The van der Waals surface area contributed by atoms with Crippen molar-refractivity contribution in [2.75, 3.05) is 10.0 Å². The summed E-state index contributed by atoms with van der Waals surface area (Å²) in [6.07, 6.45) is 5.49. The summed E-state index contributed by atoms with van der Waals surface area (Å²) in [6.45, 7) is 0. The van der Waals surface area contributed by atoms with Crippen LogP contribution in [-0.2, 0) is 10.9 Å². The van der Waals surface area contributed by atoms with E-state index in [0.717, 1.165) is 22.1 Å². The van der Waals surface area contributed by atoms with Gasteiger partial charge in [-0.1, -0.05) is 52.3 Å². The SMILES string of the molecule is O=[SH](=O)Nc1cccc2c1N[C@H](c1ccc(Br)cc1)[C@@H]1CC=C[C@H]21. The fraction of sp³-hybridized carbons (Fsp3) is 0.222. The fourth-order valence-corrected chi connectivity index (χ4v) is 4.46. The Labute approximate surface area is 151 Å². The summed E-state index contributed by atoms with van der Waals surface area (Å²) >= 11 is 3.48. The number of thiol groups is 1. The van der Waals surface area contributed by atoms with Crippen molar-refractivity contribution in [2.24, 2.45) is 5.92 Å². The van der Waals surface area contributed by atoms with E-state index >= 15 is 0 Å². The monoisotopic (exact) mass is 404 g/mol. The highest BCUT2D eigenvalue weighted by molar-refractivity contribution is 9.10. The molecule has 0 radical (unpaired) electrons. The van der Waals surface area contributed by atoms with Gasteiger partial charge in [0, 0.05) is 10.4 Å². The van der Waals surface area contributed by atoms with Crippen LogP contribution in [0.2, 0.25) is 0 Å². The molecule has 0 unspecified atom stereocenters. The maximum Gasteiger partial charge on any atom is 0.222 e. The van der Waals surface area contributed by atoms with E-state index in [0.29, 0.717) is 17.5 Å². The summed E-state index contributed by atoms with van der Waals surface area (Å²) < 4.78 is 25.9. The molecule has 3 atom stereocenters. The van der Waals surface area contributed by atoms with Gasteiger partial charge in [0.05, 0.1) is 17.4 Å². The third kappa shape index (κ3) is 2.74. The molecule has 0 saturated carbocycles. The molecule has 1 aliphatic heterocycles. The number of hydrogen-bond acceptors (Lipinski definition) is 3. The first-order chi connectivity index (χ1) is 11.6. The number of nitrogens with one attached hydrogen (secondary N) is 2. The van der Waals surface area contributed by atoms with Crippen molar-refractivity contribution in [2.45, 2.75) is 18.4 Å². The molecule has 0 saturated heterocycles. The molecule has 124 valence electrons. The first-order valence-electron chi connectivity index (χ1n) is 7.86. The zero-order valence-electron chi connectivity index (χ0n) is 12.8. The second-order valence-electron chi connectivity index (χ2n) is 6.17. The van der Waals surface area contributed by atoms with Gasteiger partial charge in [-0.15, -0.1) is 0 Å². The average molecular weight is 405 g/mol. The Hall–Kier alpha value is -1.79. The van der Waals surface area contributed by atoms with E-state index in [1.807, 2.05) is 18.2 Å². The Bertz CT molecular complexity index is 869. The Morgan fingerprint density at radius 3 is 2.67 bits per heavy atom. The molecule has 24 heavy (non-hydrogen) atoms. The molecule has 0 amide bonds. The lowest BCUT2D eigenvalue weighted by Gasteiger charge is -2.38. The van der Waals surface area contributed by atoms with Gasteiger partial charge in [-0.25, -0.2) is 8.42 Å². The highest BCUT2D eigenvalue weighted by atomic mass is 79.9. The second-order valence-corrected chi connectivity index (χ2v) is 7.82. The highest BCUT2D eigenvalue weighted by Gasteiger charge is 2.38. The Morgan fingerprint density at radius 2 is 1.92 bits per heavy atom. The Balaban J connectivity index is 1.80. The molecule has 2 aromatic rings. The number of hydrogen-bond donors (Lipinski definition) is 3. The lowest BCUT2D eigenvalue weighted by molar-refractivity contribution is 0.426. The van der Waals surface area contributed by atoms with Gasteiger partial charge < -0.3 is 5.32 Å². The van der Waals surface area contributed by atoms with E-state index in [4.69, 9.17) is 0 Å². The quantitative estimate of drug-likeness (QED) is 0.530. The van der Waals surface area contributed by atoms with E-state index in [-0.39, 0.29) is 6.04 Å². The van der Waals surface area contributed by atoms with Crippen LogP contribution in [-0.4, -0.2) is 8.42 Å². The molecule has 2 N–H and O–H groups in total. The van der Waals surface area contributed by atoms with E-state index in [9.17, 15) is 8.42 Å². The van der Waals surface area contributed by atoms with Crippen molar-refractivity contribution in [1.82, 2.24) is 0 Å². The normalized spacial score (nSPS) is 24.3. The van der Waals surface area contributed by atoms with Crippen LogP contribution in [0, 0.1) is 5.92 Å². The molecule has 0 fully saturated rings. The van der Waals surface area contributed by atoms with Gasteiger partial charge in [-0.05, 0) is 41.7 Å². The molecule has 0 spiro atoms. The van der Waals surface area contributed by atoms with E-state index in [1.165, 1.54) is 5.56 Å². The summed E-state index contributed by atoms with van der Waals surface area (Å²) in [5, 5.41) is 3.59. The van der Waals surface area contributed by atoms with E-state index in [1.54, 1.807) is 6.07 Å². The van der Waals surface area contributed by atoms with Crippen LogP contribution in [0.15, 0.2) is 59.1 Å². The Morgan fingerprint density at radius 1 is 1.12 bits per heavy atom. The van der Waals surface area contributed by atoms with Crippen LogP contribution < -0.4 is 10.0 Å². The van der Waals surface area contributed by atoms with E-state index in [2.05, 4.69) is 56.3 Å². The number of para-hydroxylation sites is 1. The van der Waals surface area contributed by atoms with Crippen molar-refractivity contribution >= 4 is 38.2 Å². The first kappa shape index (κ1) is 15.7. The van der Waals surface area contributed by atoms with Crippen LogP contribution in [0.5, 0.6) is 0 Å². The van der Waals surface area contributed by atoms with E-state index < -0.39 is 10.9 Å². The number of benzene rings is 2. The predicted octanol–water partition coefficient (Wildman–Crippen LogP) is 4.21.